The lowest BCUT2D eigenvalue weighted by atomic mass is 10.1. The normalized spacial score (nSPS) is 14.8. The second-order valence-electron chi connectivity index (χ2n) is 4.90. The first kappa shape index (κ1) is 14.6. The Hall–Kier alpha value is -1.78. The number of benzene rings is 1. The van der Waals surface area contributed by atoms with E-state index >= 15 is 0 Å². The van der Waals surface area contributed by atoms with Crippen LogP contribution < -0.4 is 10.6 Å². The molecule has 0 atom stereocenters. The van der Waals surface area contributed by atoms with Crippen molar-refractivity contribution in [1.82, 2.24) is 10.6 Å². The fourth-order valence-electron chi connectivity index (χ4n) is 2.15. The lowest BCUT2D eigenvalue weighted by molar-refractivity contribution is 0.379. The smallest absolute Gasteiger partial charge is 0.120 e. The van der Waals surface area contributed by atoms with E-state index in [0.29, 0.717) is 24.6 Å². The quantitative estimate of drug-likeness (QED) is 0.576. The van der Waals surface area contributed by atoms with Crippen LogP contribution in [0.4, 0.5) is 0 Å². The molecule has 0 saturated carbocycles. The molecule has 1 aliphatic carbocycles. The minimum atomic E-state index is 0.329. The molecule has 1 aromatic carbocycles. The minimum absolute atomic E-state index is 0.329. The van der Waals surface area contributed by atoms with Crippen LogP contribution in [0.2, 0.25) is 0 Å². The van der Waals surface area contributed by atoms with E-state index in [1.807, 2.05) is 24.3 Å². The SMILES string of the molecule is OC1=C(CNCCNCc2ccccc2O)C=CCC1. The van der Waals surface area contributed by atoms with Crippen molar-refractivity contribution in [2.24, 2.45) is 0 Å². The molecule has 108 valence electrons. The van der Waals surface area contributed by atoms with E-state index in [4.69, 9.17) is 0 Å². The molecule has 0 saturated heterocycles. The Kier molecular flexibility index (Phi) is 5.65. The van der Waals surface area contributed by atoms with Crippen LogP contribution in [0, 0.1) is 0 Å². The van der Waals surface area contributed by atoms with Gasteiger partial charge in [-0.25, -0.2) is 0 Å². The largest absolute Gasteiger partial charge is 0.512 e. The highest BCUT2D eigenvalue weighted by atomic mass is 16.3. The lowest BCUT2D eigenvalue weighted by Gasteiger charge is -2.12. The second-order valence-corrected chi connectivity index (χ2v) is 4.90. The minimum Gasteiger partial charge on any atom is -0.512 e. The average molecular weight is 274 g/mol. The van der Waals surface area contributed by atoms with Crippen LogP contribution in [-0.2, 0) is 6.54 Å². The molecule has 0 radical (unpaired) electrons. The third-order valence-corrected chi connectivity index (χ3v) is 3.34. The highest BCUT2D eigenvalue weighted by molar-refractivity contribution is 5.31. The zero-order valence-corrected chi connectivity index (χ0v) is 11.6. The number of nitrogens with one attached hydrogen (secondary N) is 2. The summed E-state index contributed by atoms with van der Waals surface area (Å²) in [5, 5.41) is 25.9. The topological polar surface area (TPSA) is 64.5 Å². The molecule has 0 fully saturated rings. The first-order chi connectivity index (χ1) is 9.77. The molecule has 0 aromatic heterocycles. The average Bonchev–Trinajstić information content (AvgIpc) is 2.46. The molecule has 1 aliphatic rings. The van der Waals surface area contributed by atoms with Crippen LogP contribution in [0.5, 0.6) is 5.75 Å². The number of phenols is 1. The number of allylic oxidation sites excluding steroid dienone is 2. The number of hydrogen-bond donors (Lipinski definition) is 4. The molecule has 0 heterocycles. The maximum absolute atomic E-state index is 9.70. The highest BCUT2D eigenvalue weighted by Gasteiger charge is 2.05. The third kappa shape index (κ3) is 4.40. The number of aliphatic hydroxyl groups is 1. The third-order valence-electron chi connectivity index (χ3n) is 3.34. The summed E-state index contributed by atoms with van der Waals surface area (Å²) in [7, 11) is 0. The van der Waals surface area contributed by atoms with E-state index in [0.717, 1.165) is 37.1 Å². The summed E-state index contributed by atoms with van der Waals surface area (Å²) in [5.74, 6) is 0.831. The van der Waals surface area contributed by atoms with E-state index in [2.05, 4.69) is 16.7 Å². The number of para-hydroxylation sites is 1. The number of aromatic hydroxyl groups is 1. The molecule has 0 bridgehead atoms. The van der Waals surface area contributed by atoms with Gasteiger partial charge in [0.05, 0.1) is 5.76 Å². The molecule has 2 rings (SSSR count). The summed E-state index contributed by atoms with van der Waals surface area (Å²) in [6, 6.07) is 7.34. The maximum atomic E-state index is 9.70. The molecule has 20 heavy (non-hydrogen) atoms. The summed E-state index contributed by atoms with van der Waals surface area (Å²) in [6.45, 7) is 2.98. The van der Waals surface area contributed by atoms with Crippen molar-refractivity contribution in [3.63, 3.8) is 0 Å². The van der Waals surface area contributed by atoms with Gasteiger partial charge in [0.2, 0.25) is 0 Å². The van der Waals surface area contributed by atoms with Crippen molar-refractivity contribution in [1.29, 1.82) is 0 Å². The molecule has 0 amide bonds. The van der Waals surface area contributed by atoms with Crippen molar-refractivity contribution in [3.05, 3.63) is 53.3 Å². The maximum Gasteiger partial charge on any atom is 0.120 e. The predicted octanol–water partition coefficient (Wildman–Crippen LogP) is 2.23. The summed E-state index contributed by atoms with van der Waals surface area (Å²) >= 11 is 0. The summed E-state index contributed by atoms with van der Waals surface area (Å²) < 4.78 is 0. The Bertz CT molecular complexity index is 495. The van der Waals surface area contributed by atoms with Crippen molar-refractivity contribution < 1.29 is 10.2 Å². The van der Waals surface area contributed by atoms with Crippen molar-refractivity contribution >= 4 is 0 Å². The van der Waals surface area contributed by atoms with Crippen molar-refractivity contribution in [3.8, 4) is 5.75 Å². The molecule has 4 nitrogen and oxygen atoms in total. The van der Waals surface area contributed by atoms with Crippen LogP contribution in [-0.4, -0.2) is 29.8 Å². The van der Waals surface area contributed by atoms with Gasteiger partial charge < -0.3 is 20.8 Å². The highest BCUT2D eigenvalue weighted by Crippen LogP contribution is 2.15. The van der Waals surface area contributed by atoms with Gasteiger partial charge in [-0.15, -0.1) is 0 Å². The van der Waals surface area contributed by atoms with Gasteiger partial charge in [0, 0.05) is 43.7 Å². The van der Waals surface area contributed by atoms with Gasteiger partial charge in [-0.1, -0.05) is 30.4 Å². The van der Waals surface area contributed by atoms with Gasteiger partial charge in [0.25, 0.3) is 0 Å². The monoisotopic (exact) mass is 274 g/mol. The van der Waals surface area contributed by atoms with E-state index in [9.17, 15) is 10.2 Å². The van der Waals surface area contributed by atoms with Gasteiger partial charge >= 0.3 is 0 Å². The fraction of sp³-hybridized carbons (Fsp3) is 0.375. The van der Waals surface area contributed by atoms with Gasteiger partial charge in [-0.2, -0.15) is 0 Å². The number of phenolic OH excluding ortho intramolecular Hbond substituents is 1. The first-order valence-electron chi connectivity index (χ1n) is 7.03. The van der Waals surface area contributed by atoms with Crippen LogP contribution in [0.1, 0.15) is 18.4 Å². The van der Waals surface area contributed by atoms with Crippen molar-refractivity contribution in [2.45, 2.75) is 19.4 Å². The molecule has 1 aromatic rings. The lowest BCUT2D eigenvalue weighted by Crippen LogP contribution is -2.28. The molecule has 0 spiro atoms. The Labute approximate surface area is 119 Å². The molecule has 0 unspecified atom stereocenters. The van der Waals surface area contributed by atoms with Gasteiger partial charge in [-0.3, -0.25) is 0 Å². The second kappa shape index (κ2) is 7.72. The van der Waals surface area contributed by atoms with Crippen LogP contribution in [0.15, 0.2) is 47.7 Å². The van der Waals surface area contributed by atoms with Crippen LogP contribution in [0.25, 0.3) is 0 Å². The summed E-state index contributed by atoms with van der Waals surface area (Å²) in [5.41, 5.74) is 1.89. The zero-order valence-electron chi connectivity index (χ0n) is 11.6. The Morgan fingerprint density at radius 2 is 1.75 bits per heavy atom. The molecular weight excluding hydrogens is 252 g/mol. The molecule has 4 N–H and O–H groups in total. The molecule has 0 aliphatic heterocycles. The van der Waals surface area contributed by atoms with E-state index in [-0.39, 0.29) is 0 Å². The predicted molar refractivity (Wildman–Crippen MR) is 80.7 cm³/mol. The van der Waals surface area contributed by atoms with Gasteiger partial charge in [0.15, 0.2) is 0 Å². The number of rotatable bonds is 7. The van der Waals surface area contributed by atoms with Crippen LogP contribution >= 0.6 is 0 Å². The van der Waals surface area contributed by atoms with Gasteiger partial charge in [0.1, 0.15) is 5.75 Å². The number of aliphatic hydroxyl groups excluding tert-OH is 1. The molecule has 4 heteroatoms. The van der Waals surface area contributed by atoms with E-state index < -0.39 is 0 Å². The summed E-state index contributed by atoms with van der Waals surface area (Å²) in [4.78, 5) is 0. The van der Waals surface area contributed by atoms with Crippen LogP contribution in [0.3, 0.4) is 0 Å². The van der Waals surface area contributed by atoms with Crippen molar-refractivity contribution in [2.75, 3.05) is 19.6 Å². The molecular formula is C16H22N2O2. The van der Waals surface area contributed by atoms with Gasteiger partial charge in [-0.05, 0) is 12.5 Å². The van der Waals surface area contributed by atoms with E-state index in [1.54, 1.807) is 6.07 Å². The first-order valence-corrected chi connectivity index (χ1v) is 7.03. The fourth-order valence-corrected chi connectivity index (χ4v) is 2.15. The Balaban J connectivity index is 1.61. The Morgan fingerprint density at radius 1 is 1.00 bits per heavy atom. The number of hydrogen-bond acceptors (Lipinski definition) is 4. The Morgan fingerprint density at radius 3 is 2.50 bits per heavy atom. The summed E-state index contributed by atoms with van der Waals surface area (Å²) in [6.07, 6.45) is 5.75. The standard InChI is InChI=1S/C16H22N2O2/c19-15-7-3-1-5-13(15)11-17-9-10-18-12-14-6-2-4-8-16(14)20/h1-3,5-7,17-20H,4,8-12H2. The zero-order chi connectivity index (χ0) is 14.2. The van der Waals surface area contributed by atoms with E-state index in [1.165, 1.54) is 0 Å².